The van der Waals surface area contributed by atoms with Crippen LogP contribution in [0.1, 0.15) is 18.9 Å². The summed E-state index contributed by atoms with van der Waals surface area (Å²) in [6.07, 6.45) is 1.23. The highest BCUT2D eigenvalue weighted by atomic mass is 32.2. The number of amides is 1. The minimum atomic E-state index is -3.41. The molecule has 0 fully saturated rings. The molecule has 0 unspecified atom stereocenters. The Hall–Kier alpha value is -2.38. The Balaban J connectivity index is 1.92. The van der Waals surface area contributed by atoms with Gasteiger partial charge in [-0.15, -0.1) is 0 Å². The summed E-state index contributed by atoms with van der Waals surface area (Å²) < 4.78 is 30.6. The van der Waals surface area contributed by atoms with Gasteiger partial charge in [-0.2, -0.15) is 4.31 Å². The van der Waals surface area contributed by atoms with Crippen molar-refractivity contribution in [3.05, 3.63) is 60.2 Å². The predicted octanol–water partition coefficient (Wildman–Crippen LogP) is 2.88. The van der Waals surface area contributed by atoms with Gasteiger partial charge in [-0.05, 0) is 36.8 Å². The maximum absolute atomic E-state index is 12.1. The third kappa shape index (κ3) is 6.50. The minimum Gasteiger partial charge on any atom is -0.494 e. The first-order valence-electron chi connectivity index (χ1n) is 8.40. The summed E-state index contributed by atoms with van der Waals surface area (Å²) in [6, 6.07) is 16.4. The van der Waals surface area contributed by atoms with Gasteiger partial charge in [0.15, 0.2) is 0 Å². The van der Waals surface area contributed by atoms with Crippen LogP contribution in [-0.4, -0.2) is 38.0 Å². The van der Waals surface area contributed by atoms with E-state index in [1.54, 1.807) is 24.3 Å². The summed E-state index contributed by atoms with van der Waals surface area (Å²) in [6.45, 7) is 2.85. The number of rotatable bonds is 9. The number of carbonyl (C=O) groups excluding carboxylic acids is 1. The van der Waals surface area contributed by atoms with Crippen LogP contribution in [0.3, 0.4) is 0 Å². The number of hydrogen-bond donors (Lipinski definition) is 1. The molecule has 2 rings (SSSR count). The monoisotopic (exact) mass is 376 g/mol. The standard InChI is InChI=1S/C19H24N2O4S/c1-3-25-18-11-9-17(10-12-18)20-19(22)13-14-21(26(2,23)24)15-16-7-5-4-6-8-16/h4-12H,3,13-15H2,1-2H3,(H,20,22). The van der Waals surface area contributed by atoms with Crippen LogP contribution in [-0.2, 0) is 21.4 Å². The zero-order chi connectivity index (χ0) is 19.0. The average molecular weight is 376 g/mol. The molecule has 0 aliphatic heterocycles. The third-order valence-electron chi connectivity index (χ3n) is 3.71. The topological polar surface area (TPSA) is 75.7 Å². The van der Waals surface area contributed by atoms with E-state index < -0.39 is 10.0 Å². The summed E-state index contributed by atoms with van der Waals surface area (Å²) in [7, 11) is -3.41. The van der Waals surface area contributed by atoms with Gasteiger partial charge in [-0.25, -0.2) is 8.42 Å². The minimum absolute atomic E-state index is 0.0765. The van der Waals surface area contributed by atoms with Gasteiger partial charge < -0.3 is 10.1 Å². The van der Waals surface area contributed by atoms with Crippen LogP contribution in [0.25, 0.3) is 0 Å². The van der Waals surface area contributed by atoms with Crippen molar-refractivity contribution in [1.29, 1.82) is 0 Å². The highest BCUT2D eigenvalue weighted by Crippen LogP contribution is 2.16. The molecule has 0 spiro atoms. The van der Waals surface area contributed by atoms with E-state index in [0.29, 0.717) is 12.3 Å². The molecule has 0 aliphatic rings. The maximum Gasteiger partial charge on any atom is 0.225 e. The van der Waals surface area contributed by atoms with Crippen molar-refractivity contribution in [3.63, 3.8) is 0 Å². The van der Waals surface area contributed by atoms with E-state index in [1.807, 2.05) is 37.3 Å². The fourth-order valence-corrected chi connectivity index (χ4v) is 3.21. The molecule has 26 heavy (non-hydrogen) atoms. The van der Waals surface area contributed by atoms with E-state index in [1.165, 1.54) is 4.31 Å². The van der Waals surface area contributed by atoms with Crippen molar-refractivity contribution in [2.75, 3.05) is 24.7 Å². The number of nitrogens with zero attached hydrogens (tertiary/aromatic N) is 1. The van der Waals surface area contributed by atoms with Crippen molar-refractivity contribution >= 4 is 21.6 Å². The Morgan fingerprint density at radius 1 is 1.08 bits per heavy atom. The first kappa shape index (κ1) is 19.9. The third-order valence-corrected chi connectivity index (χ3v) is 4.96. The Morgan fingerprint density at radius 3 is 2.31 bits per heavy atom. The molecule has 0 bridgehead atoms. The highest BCUT2D eigenvalue weighted by molar-refractivity contribution is 7.88. The largest absolute Gasteiger partial charge is 0.494 e. The molecule has 2 aromatic carbocycles. The number of benzene rings is 2. The Bertz CT molecular complexity index is 805. The van der Waals surface area contributed by atoms with E-state index in [-0.39, 0.29) is 25.4 Å². The molecule has 1 N–H and O–H groups in total. The molecule has 7 heteroatoms. The quantitative estimate of drug-likeness (QED) is 0.730. The van der Waals surface area contributed by atoms with Crippen molar-refractivity contribution in [3.8, 4) is 5.75 Å². The Labute approximate surface area is 154 Å². The molecule has 0 saturated carbocycles. The Kier molecular flexibility index (Phi) is 7.17. The molecule has 0 saturated heterocycles. The summed E-state index contributed by atoms with van der Waals surface area (Å²) in [4.78, 5) is 12.1. The summed E-state index contributed by atoms with van der Waals surface area (Å²) in [5.41, 5.74) is 1.53. The number of anilines is 1. The molecule has 2 aromatic rings. The van der Waals surface area contributed by atoms with Crippen molar-refractivity contribution in [1.82, 2.24) is 4.31 Å². The van der Waals surface area contributed by atoms with Crippen LogP contribution in [0.2, 0.25) is 0 Å². The molecular formula is C19H24N2O4S. The molecule has 6 nitrogen and oxygen atoms in total. The van der Waals surface area contributed by atoms with Crippen LogP contribution in [0.15, 0.2) is 54.6 Å². The summed E-state index contributed by atoms with van der Waals surface area (Å²) >= 11 is 0. The molecule has 140 valence electrons. The molecule has 0 radical (unpaired) electrons. The van der Waals surface area contributed by atoms with Gasteiger partial charge in [0.1, 0.15) is 5.75 Å². The molecule has 0 atom stereocenters. The zero-order valence-corrected chi connectivity index (χ0v) is 15.8. The second-order valence-corrected chi connectivity index (χ2v) is 7.82. The average Bonchev–Trinajstić information content (AvgIpc) is 2.60. The van der Waals surface area contributed by atoms with Gasteiger partial charge in [0.05, 0.1) is 12.9 Å². The lowest BCUT2D eigenvalue weighted by Crippen LogP contribution is -2.32. The van der Waals surface area contributed by atoms with Crippen LogP contribution in [0, 0.1) is 0 Å². The molecule has 0 aliphatic carbocycles. The van der Waals surface area contributed by atoms with Gasteiger partial charge in [0.2, 0.25) is 15.9 Å². The van der Waals surface area contributed by atoms with E-state index in [9.17, 15) is 13.2 Å². The molecule has 1 amide bonds. The predicted molar refractivity (Wildman–Crippen MR) is 103 cm³/mol. The van der Waals surface area contributed by atoms with Gasteiger partial charge in [-0.1, -0.05) is 30.3 Å². The van der Waals surface area contributed by atoms with E-state index in [4.69, 9.17) is 4.74 Å². The first-order chi connectivity index (χ1) is 12.4. The lowest BCUT2D eigenvalue weighted by molar-refractivity contribution is -0.116. The van der Waals surface area contributed by atoms with Crippen LogP contribution in [0.4, 0.5) is 5.69 Å². The second kappa shape index (κ2) is 9.35. The molecule has 0 heterocycles. The Morgan fingerprint density at radius 2 is 1.73 bits per heavy atom. The van der Waals surface area contributed by atoms with Crippen molar-refractivity contribution in [2.45, 2.75) is 19.9 Å². The fourth-order valence-electron chi connectivity index (χ4n) is 2.40. The van der Waals surface area contributed by atoms with Crippen molar-refractivity contribution in [2.24, 2.45) is 0 Å². The van der Waals surface area contributed by atoms with E-state index >= 15 is 0 Å². The molecular weight excluding hydrogens is 352 g/mol. The van der Waals surface area contributed by atoms with Crippen LogP contribution >= 0.6 is 0 Å². The van der Waals surface area contributed by atoms with E-state index in [0.717, 1.165) is 17.6 Å². The van der Waals surface area contributed by atoms with Crippen LogP contribution in [0.5, 0.6) is 5.75 Å². The van der Waals surface area contributed by atoms with Crippen LogP contribution < -0.4 is 10.1 Å². The number of ether oxygens (including phenoxy) is 1. The lowest BCUT2D eigenvalue weighted by Gasteiger charge is -2.19. The number of nitrogens with one attached hydrogen (secondary N) is 1. The normalized spacial score (nSPS) is 11.3. The second-order valence-electron chi connectivity index (χ2n) is 5.84. The van der Waals surface area contributed by atoms with Gasteiger partial charge in [0, 0.05) is 25.2 Å². The number of carbonyl (C=O) groups is 1. The number of sulfonamides is 1. The zero-order valence-electron chi connectivity index (χ0n) is 15.0. The van der Waals surface area contributed by atoms with Gasteiger partial charge in [0.25, 0.3) is 0 Å². The smallest absolute Gasteiger partial charge is 0.225 e. The fraction of sp³-hybridized carbons (Fsp3) is 0.316. The highest BCUT2D eigenvalue weighted by Gasteiger charge is 2.18. The lowest BCUT2D eigenvalue weighted by atomic mass is 10.2. The van der Waals surface area contributed by atoms with Gasteiger partial charge >= 0.3 is 0 Å². The maximum atomic E-state index is 12.1. The molecule has 0 aromatic heterocycles. The SMILES string of the molecule is CCOc1ccc(NC(=O)CCN(Cc2ccccc2)S(C)(=O)=O)cc1. The van der Waals surface area contributed by atoms with E-state index in [2.05, 4.69) is 5.32 Å². The summed E-state index contributed by atoms with van der Waals surface area (Å²) in [5.74, 6) is 0.493. The van der Waals surface area contributed by atoms with Gasteiger partial charge in [-0.3, -0.25) is 4.79 Å². The number of hydrogen-bond acceptors (Lipinski definition) is 4. The summed E-state index contributed by atoms with van der Waals surface area (Å²) in [5, 5.41) is 2.77. The van der Waals surface area contributed by atoms with Crippen molar-refractivity contribution < 1.29 is 17.9 Å². The first-order valence-corrected chi connectivity index (χ1v) is 10.2.